The highest BCUT2D eigenvalue weighted by molar-refractivity contribution is 7.13. The van der Waals surface area contributed by atoms with Gasteiger partial charge >= 0.3 is 0 Å². The average Bonchev–Trinajstić information content (AvgIpc) is 2.77. The average molecular weight is 252 g/mol. The molecule has 2 N–H and O–H groups in total. The SMILES string of the molecule is CCNc1nc(C(=O)NC(CC)CC#N)cs1. The third kappa shape index (κ3) is 4.04. The Kier molecular flexibility index (Phi) is 5.43. The van der Waals surface area contributed by atoms with Gasteiger partial charge in [-0.05, 0) is 13.3 Å². The lowest BCUT2D eigenvalue weighted by atomic mass is 10.1. The number of rotatable bonds is 6. The second-order valence-electron chi connectivity index (χ2n) is 3.51. The monoisotopic (exact) mass is 252 g/mol. The lowest BCUT2D eigenvalue weighted by molar-refractivity contribution is 0.0932. The van der Waals surface area contributed by atoms with E-state index in [-0.39, 0.29) is 11.9 Å². The van der Waals surface area contributed by atoms with Crippen molar-refractivity contribution in [2.24, 2.45) is 0 Å². The highest BCUT2D eigenvalue weighted by atomic mass is 32.1. The van der Waals surface area contributed by atoms with Crippen molar-refractivity contribution in [2.75, 3.05) is 11.9 Å². The Balaban J connectivity index is 2.59. The molecule has 1 rings (SSSR count). The van der Waals surface area contributed by atoms with Crippen LogP contribution in [0.1, 0.15) is 37.2 Å². The molecule has 0 fully saturated rings. The van der Waals surface area contributed by atoms with Gasteiger partial charge in [-0.15, -0.1) is 11.3 Å². The predicted octanol–water partition coefficient (Wildman–Crippen LogP) is 2.00. The third-order valence-electron chi connectivity index (χ3n) is 2.23. The zero-order valence-corrected chi connectivity index (χ0v) is 10.8. The van der Waals surface area contributed by atoms with Crippen LogP contribution >= 0.6 is 11.3 Å². The Bertz CT molecular complexity index is 410. The number of carbonyl (C=O) groups is 1. The topological polar surface area (TPSA) is 77.8 Å². The van der Waals surface area contributed by atoms with Gasteiger partial charge in [0.25, 0.3) is 5.91 Å². The maximum absolute atomic E-state index is 11.8. The number of carbonyl (C=O) groups excluding carboxylic acids is 1. The minimum atomic E-state index is -0.215. The number of amides is 1. The molecule has 6 heteroatoms. The molecular weight excluding hydrogens is 236 g/mol. The van der Waals surface area contributed by atoms with Crippen LogP contribution in [0.4, 0.5) is 5.13 Å². The standard InChI is InChI=1S/C11H16N4OS/c1-3-8(5-6-12)14-10(16)9-7-17-11(15-9)13-4-2/h7-8H,3-5H2,1-2H3,(H,13,15)(H,14,16). The normalized spacial score (nSPS) is 11.6. The molecule has 1 aromatic heterocycles. The van der Waals surface area contributed by atoms with E-state index in [0.29, 0.717) is 12.1 Å². The first-order chi connectivity index (χ1) is 8.21. The van der Waals surface area contributed by atoms with E-state index in [9.17, 15) is 4.79 Å². The number of nitriles is 1. The van der Waals surface area contributed by atoms with E-state index in [1.807, 2.05) is 13.8 Å². The molecule has 1 aromatic rings. The highest BCUT2D eigenvalue weighted by Gasteiger charge is 2.14. The van der Waals surface area contributed by atoms with Gasteiger partial charge in [-0.3, -0.25) is 4.79 Å². The Hall–Kier alpha value is -1.61. The minimum absolute atomic E-state index is 0.100. The molecule has 0 spiro atoms. The smallest absolute Gasteiger partial charge is 0.271 e. The van der Waals surface area contributed by atoms with Crippen LogP contribution in [0, 0.1) is 11.3 Å². The van der Waals surface area contributed by atoms with E-state index in [2.05, 4.69) is 21.7 Å². The van der Waals surface area contributed by atoms with Gasteiger partial charge < -0.3 is 10.6 Å². The number of nitrogens with one attached hydrogen (secondary N) is 2. The summed E-state index contributed by atoms with van der Waals surface area (Å²) in [4.78, 5) is 16.0. The summed E-state index contributed by atoms with van der Waals surface area (Å²) in [7, 11) is 0. The molecule has 0 aromatic carbocycles. The van der Waals surface area contributed by atoms with Crippen LogP contribution in [0.3, 0.4) is 0 Å². The Labute approximate surface area is 105 Å². The van der Waals surface area contributed by atoms with Crippen LogP contribution in [0.2, 0.25) is 0 Å². The van der Waals surface area contributed by atoms with Crippen LogP contribution in [0.5, 0.6) is 0 Å². The molecule has 1 amide bonds. The minimum Gasteiger partial charge on any atom is -0.362 e. The number of nitrogens with zero attached hydrogens (tertiary/aromatic N) is 2. The molecule has 0 aliphatic heterocycles. The molecule has 0 bridgehead atoms. The van der Waals surface area contributed by atoms with Gasteiger partial charge in [0.05, 0.1) is 12.5 Å². The summed E-state index contributed by atoms with van der Waals surface area (Å²) in [6.07, 6.45) is 1.07. The maximum atomic E-state index is 11.8. The first-order valence-corrected chi connectivity index (χ1v) is 6.46. The van der Waals surface area contributed by atoms with Crippen molar-refractivity contribution in [3.05, 3.63) is 11.1 Å². The summed E-state index contributed by atoms with van der Waals surface area (Å²) in [5.74, 6) is -0.215. The van der Waals surface area contributed by atoms with Gasteiger partial charge in [-0.25, -0.2) is 4.98 Å². The van der Waals surface area contributed by atoms with Crippen molar-refractivity contribution in [3.63, 3.8) is 0 Å². The lowest BCUT2D eigenvalue weighted by Crippen LogP contribution is -2.34. The summed E-state index contributed by atoms with van der Waals surface area (Å²) >= 11 is 1.40. The second-order valence-corrected chi connectivity index (χ2v) is 4.37. The first kappa shape index (κ1) is 13.5. The van der Waals surface area contributed by atoms with Gasteiger partial charge in [0, 0.05) is 18.0 Å². The van der Waals surface area contributed by atoms with Crippen LogP contribution in [0.15, 0.2) is 5.38 Å². The largest absolute Gasteiger partial charge is 0.362 e. The van der Waals surface area contributed by atoms with Crippen molar-refractivity contribution < 1.29 is 4.79 Å². The number of aromatic nitrogens is 1. The number of thiazole rings is 1. The quantitative estimate of drug-likeness (QED) is 0.811. The van der Waals surface area contributed by atoms with Gasteiger partial charge in [0.2, 0.25) is 0 Å². The summed E-state index contributed by atoms with van der Waals surface area (Å²) in [5, 5.41) is 16.9. The van der Waals surface area contributed by atoms with E-state index in [1.165, 1.54) is 11.3 Å². The van der Waals surface area contributed by atoms with E-state index in [0.717, 1.165) is 18.1 Å². The van der Waals surface area contributed by atoms with Crippen LogP contribution < -0.4 is 10.6 Å². The first-order valence-electron chi connectivity index (χ1n) is 5.58. The highest BCUT2D eigenvalue weighted by Crippen LogP contribution is 2.15. The van der Waals surface area contributed by atoms with E-state index in [4.69, 9.17) is 5.26 Å². The van der Waals surface area contributed by atoms with Crippen molar-refractivity contribution in [3.8, 4) is 6.07 Å². The third-order valence-corrected chi connectivity index (χ3v) is 3.03. The zero-order chi connectivity index (χ0) is 12.7. The van der Waals surface area contributed by atoms with Crippen molar-refractivity contribution in [1.82, 2.24) is 10.3 Å². The van der Waals surface area contributed by atoms with E-state index >= 15 is 0 Å². The molecule has 17 heavy (non-hydrogen) atoms. The molecule has 1 atom stereocenters. The lowest BCUT2D eigenvalue weighted by Gasteiger charge is -2.11. The second kappa shape index (κ2) is 6.86. The molecule has 0 aliphatic carbocycles. The van der Waals surface area contributed by atoms with Gasteiger partial charge in [-0.2, -0.15) is 5.26 Å². The number of hydrogen-bond acceptors (Lipinski definition) is 5. The number of hydrogen-bond donors (Lipinski definition) is 2. The molecule has 0 radical (unpaired) electrons. The van der Waals surface area contributed by atoms with Gasteiger partial charge in [0.1, 0.15) is 5.69 Å². The zero-order valence-electron chi connectivity index (χ0n) is 9.99. The molecule has 0 saturated carbocycles. The Morgan fingerprint density at radius 3 is 3.00 bits per heavy atom. The number of anilines is 1. The fraction of sp³-hybridized carbons (Fsp3) is 0.545. The summed E-state index contributed by atoms with van der Waals surface area (Å²) in [6, 6.07) is 1.96. The van der Waals surface area contributed by atoms with Crippen molar-refractivity contribution in [2.45, 2.75) is 32.7 Å². The summed E-state index contributed by atoms with van der Waals surface area (Å²) in [5.41, 5.74) is 0.405. The molecule has 92 valence electrons. The predicted molar refractivity (Wildman–Crippen MR) is 68.1 cm³/mol. The Morgan fingerprint density at radius 1 is 1.65 bits per heavy atom. The van der Waals surface area contributed by atoms with Crippen molar-refractivity contribution >= 4 is 22.4 Å². The molecule has 1 unspecified atom stereocenters. The Morgan fingerprint density at radius 2 is 2.41 bits per heavy atom. The molecule has 0 aliphatic rings. The summed E-state index contributed by atoms with van der Waals surface area (Å²) in [6.45, 7) is 4.69. The fourth-order valence-corrected chi connectivity index (χ4v) is 2.04. The van der Waals surface area contributed by atoms with Gasteiger partial charge in [0.15, 0.2) is 5.13 Å². The van der Waals surface area contributed by atoms with Crippen molar-refractivity contribution in [1.29, 1.82) is 5.26 Å². The van der Waals surface area contributed by atoms with E-state index < -0.39 is 0 Å². The fourth-order valence-electron chi connectivity index (χ4n) is 1.28. The molecule has 1 heterocycles. The molecule has 0 saturated heterocycles. The van der Waals surface area contributed by atoms with Crippen LogP contribution in [-0.2, 0) is 0 Å². The molecular formula is C11H16N4OS. The van der Waals surface area contributed by atoms with E-state index in [1.54, 1.807) is 5.38 Å². The summed E-state index contributed by atoms with van der Waals surface area (Å²) < 4.78 is 0. The van der Waals surface area contributed by atoms with Crippen LogP contribution in [-0.4, -0.2) is 23.5 Å². The molecule has 5 nitrogen and oxygen atoms in total. The van der Waals surface area contributed by atoms with Crippen LogP contribution in [0.25, 0.3) is 0 Å². The maximum Gasteiger partial charge on any atom is 0.271 e. The van der Waals surface area contributed by atoms with Gasteiger partial charge in [-0.1, -0.05) is 6.92 Å².